The number of benzene rings is 1. The molecule has 0 bridgehead atoms. The van der Waals surface area contributed by atoms with Crippen molar-refractivity contribution in [1.82, 2.24) is 15.6 Å². The largest absolute Gasteiger partial charge is 0.486 e. The normalized spacial score (nSPS) is 12.9. The number of thiazole rings is 1. The van der Waals surface area contributed by atoms with Crippen LogP contribution in [-0.2, 0) is 12.6 Å². The summed E-state index contributed by atoms with van der Waals surface area (Å²) in [5.74, 6) is 0.194. The molecule has 2 aromatic rings. The maximum atomic E-state index is 13.6. The van der Waals surface area contributed by atoms with Crippen molar-refractivity contribution in [1.29, 1.82) is 0 Å². The van der Waals surface area contributed by atoms with E-state index in [1.807, 2.05) is 0 Å². The molecule has 5 nitrogen and oxygen atoms in total. The van der Waals surface area contributed by atoms with Gasteiger partial charge in [-0.15, -0.1) is 35.3 Å². The van der Waals surface area contributed by atoms with Gasteiger partial charge in [0, 0.05) is 25.4 Å². The van der Waals surface area contributed by atoms with E-state index in [0.717, 1.165) is 16.7 Å². The molecule has 0 spiro atoms. The van der Waals surface area contributed by atoms with Crippen LogP contribution in [-0.4, -0.2) is 37.2 Å². The number of aliphatic imine (C=N–C) groups is 1. The minimum Gasteiger partial charge on any atom is -0.486 e. The second kappa shape index (κ2) is 11.4. The molecule has 1 aromatic carbocycles. The first kappa shape index (κ1) is 24.4. The van der Waals surface area contributed by atoms with Gasteiger partial charge in [-0.05, 0) is 19.1 Å². The number of rotatable bonds is 7. The zero-order chi connectivity index (χ0) is 19.9. The minimum absolute atomic E-state index is 0. The minimum atomic E-state index is -4.42. The van der Waals surface area contributed by atoms with E-state index < -0.39 is 17.7 Å². The molecular weight excluding hydrogens is 511 g/mol. The van der Waals surface area contributed by atoms with Crippen LogP contribution in [0.5, 0.6) is 5.75 Å². The standard InChI is InChI=1S/C17H20F4N4OS.HI/c1-11(26-13-6-4-3-5-12(13)18)9-24-16(22-2)23-8-7-15-25-14(10-27-15)17(19,20)21;/h3-6,10-11H,7-9H2,1-2H3,(H2,22,23,24);1H. The molecule has 0 aliphatic heterocycles. The third-order valence-electron chi connectivity index (χ3n) is 3.42. The SMILES string of the molecule is CN=C(NCCc1nc(C(F)(F)F)cs1)NCC(C)Oc1ccccc1F.I. The Morgan fingerprint density at radius 1 is 1.29 bits per heavy atom. The van der Waals surface area contributed by atoms with Crippen molar-refractivity contribution in [2.45, 2.75) is 25.6 Å². The summed E-state index contributed by atoms with van der Waals surface area (Å²) in [5, 5.41) is 7.40. The van der Waals surface area contributed by atoms with Crippen molar-refractivity contribution in [3.05, 3.63) is 46.2 Å². The quantitative estimate of drug-likeness (QED) is 0.244. The van der Waals surface area contributed by atoms with E-state index >= 15 is 0 Å². The van der Waals surface area contributed by atoms with Gasteiger partial charge in [-0.1, -0.05) is 12.1 Å². The van der Waals surface area contributed by atoms with Gasteiger partial charge in [0.25, 0.3) is 0 Å². The first-order chi connectivity index (χ1) is 12.8. The van der Waals surface area contributed by atoms with Crippen LogP contribution in [0.3, 0.4) is 0 Å². The first-order valence-electron chi connectivity index (χ1n) is 8.17. The molecule has 1 heterocycles. The lowest BCUT2D eigenvalue weighted by Gasteiger charge is -2.18. The number of aromatic nitrogens is 1. The highest BCUT2D eigenvalue weighted by Gasteiger charge is 2.33. The van der Waals surface area contributed by atoms with Crippen molar-refractivity contribution in [3.8, 4) is 5.75 Å². The van der Waals surface area contributed by atoms with Crippen LogP contribution in [0.1, 0.15) is 17.6 Å². The summed E-state index contributed by atoms with van der Waals surface area (Å²) in [6.45, 7) is 2.51. The van der Waals surface area contributed by atoms with E-state index in [2.05, 4.69) is 20.6 Å². The number of guanidine groups is 1. The number of nitrogens with zero attached hydrogens (tertiary/aromatic N) is 2. The van der Waals surface area contributed by atoms with Crippen LogP contribution in [0.4, 0.5) is 17.6 Å². The first-order valence-corrected chi connectivity index (χ1v) is 9.05. The summed E-state index contributed by atoms with van der Waals surface area (Å²) in [6, 6.07) is 6.12. The Morgan fingerprint density at radius 2 is 2.00 bits per heavy atom. The Kier molecular flexibility index (Phi) is 9.93. The molecule has 2 N–H and O–H groups in total. The lowest BCUT2D eigenvalue weighted by Crippen LogP contribution is -2.42. The zero-order valence-electron chi connectivity index (χ0n) is 15.2. The maximum Gasteiger partial charge on any atom is 0.434 e. The van der Waals surface area contributed by atoms with Gasteiger partial charge in [0.15, 0.2) is 23.2 Å². The van der Waals surface area contributed by atoms with Crippen LogP contribution >= 0.6 is 35.3 Å². The fourth-order valence-electron chi connectivity index (χ4n) is 2.10. The third kappa shape index (κ3) is 7.78. The fourth-order valence-corrected chi connectivity index (χ4v) is 2.91. The Balaban J connectivity index is 0.00000392. The van der Waals surface area contributed by atoms with Crippen LogP contribution < -0.4 is 15.4 Å². The molecule has 0 aliphatic carbocycles. The van der Waals surface area contributed by atoms with Crippen molar-refractivity contribution in [2.75, 3.05) is 20.1 Å². The summed E-state index contributed by atoms with van der Waals surface area (Å²) in [7, 11) is 1.57. The molecule has 0 amide bonds. The molecule has 0 saturated carbocycles. The van der Waals surface area contributed by atoms with Crippen LogP contribution in [0, 0.1) is 5.82 Å². The number of para-hydroxylation sites is 1. The molecule has 1 unspecified atom stereocenters. The Hall–Kier alpha value is -1.63. The van der Waals surface area contributed by atoms with Crippen molar-refractivity contribution >= 4 is 41.3 Å². The topological polar surface area (TPSA) is 58.5 Å². The van der Waals surface area contributed by atoms with Gasteiger partial charge in [-0.25, -0.2) is 9.37 Å². The second-order valence-corrected chi connectivity index (χ2v) is 6.56. The smallest absolute Gasteiger partial charge is 0.434 e. The number of alkyl halides is 3. The molecule has 156 valence electrons. The van der Waals surface area contributed by atoms with E-state index in [-0.39, 0.29) is 35.8 Å². The van der Waals surface area contributed by atoms with Gasteiger partial charge in [-0.2, -0.15) is 13.2 Å². The molecule has 0 radical (unpaired) electrons. The summed E-state index contributed by atoms with van der Waals surface area (Å²) >= 11 is 0.970. The van der Waals surface area contributed by atoms with Gasteiger partial charge in [0.05, 0.1) is 11.6 Å². The fraction of sp³-hybridized carbons (Fsp3) is 0.412. The highest BCUT2D eigenvalue weighted by molar-refractivity contribution is 14.0. The summed E-state index contributed by atoms with van der Waals surface area (Å²) in [6.07, 6.45) is -4.41. The van der Waals surface area contributed by atoms with E-state index in [4.69, 9.17) is 4.74 Å². The molecule has 0 aliphatic rings. The number of nitrogens with one attached hydrogen (secondary N) is 2. The van der Waals surface area contributed by atoms with Crippen LogP contribution in [0.15, 0.2) is 34.6 Å². The van der Waals surface area contributed by atoms with Gasteiger partial charge >= 0.3 is 6.18 Å². The molecular formula is C17H21F4IN4OS. The van der Waals surface area contributed by atoms with Crippen molar-refractivity contribution in [3.63, 3.8) is 0 Å². The van der Waals surface area contributed by atoms with Gasteiger partial charge in [-0.3, -0.25) is 4.99 Å². The monoisotopic (exact) mass is 532 g/mol. The number of halogens is 5. The average molecular weight is 532 g/mol. The van der Waals surface area contributed by atoms with Crippen molar-refractivity contribution in [2.24, 2.45) is 4.99 Å². The Labute approximate surface area is 181 Å². The number of ether oxygens (including phenoxy) is 1. The van der Waals surface area contributed by atoms with E-state index in [9.17, 15) is 17.6 Å². The molecule has 11 heteroatoms. The van der Waals surface area contributed by atoms with E-state index in [0.29, 0.717) is 30.5 Å². The molecule has 1 atom stereocenters. The molecule has 0 saturated heterocycles. The second-order valence-electron chi connectivity index (χ2n) is 5.61. The summed E-state index contributed by atoms with van der Waals surface area (Å²) in [4.78, 5) is 7.60. The summed E-state index contributed by atoms with van der Waals surface area (Å²) < 4.78 is 56.7. The lowest BCUT2D eigenvalue weighted by atomic mass is 10.3. The molecule has 1 aromatic heterocycles. The average Bonchev–Trinajstić information content (AvgIpc) is 3.09. The van der Waals surface area contributed by atoms with E-state index in [1.165, 1.54) is 6.07 Å². The molecule has 2 rings (SSSR count). The Bertz CT molecular complexity index is 770. The predicted octanol–water partition coefficient (Wildman–Crippen LogP) is 4.09. The number of hydrogen-bond donors (Lipinski definition) is 2. The predicted molar refractivity (Wildman–Crippen MR) is 112 cm³/mol. The van der Waals surface area contributed by atoms with Gasteiger partial charge < -0.3 is 15.4 Å². The maximum absolute atomic E-state index is 13.6. The highest BCUT2D eigenvalue weighted by atomic mass is 127. The van der Waals surface area contributed by atoms with Gasteiger partial charge in [0.2, 0.25) is 0 Å². The molecule has 28 heavy (non-hydrogen) atoms. The zero-order valence-corrected chi connectivity index (χ0v) is 18.4. The highest BCUT2D eigenvalue weighted by Crippen LogP contribution is 2.30. The number of hydrogen-bond acceptors (Lipinski definition) is 4. The van der Waals surface area contributed by atoms with Crippen LogP contribution in [0.25, 0.3) is 0 Å². The van der Waals surface area contributed by atoms with Gasteiger partial charge in [0.1, 0.15) is 6.10 Å². The van der Waals surface area contributed by atoms with Crippen LogP contribution in [0.2, 0.25) is 0 Å². The van der Waals surface area contributed by atoms with Crippen molar-refractivity contribution < 1.29 is 22.3 Å². The lowest BCUT2D eigenvalue weighted by molar-refractivity contribution is -0.140. The Morgan fingerprint density at radius 3 is 2.61 bits per heavy atom. The third-order valence-corrected chi connectivity index (χ3v) is 4.33. The molecule has 0 fully saturated rings. The van der Waals surface area contributed by atoms with E-state index in [1.54, 1.807) is 32.2 Å². The summed E-state index contributed by atoms with van der Waals surface area (Å²) in [5.41, 5.74) is -0.871.